The van der Waals surface area contributed by atoms with Gasteiger partial charge in [0.15, 0.2) is 0 Å². The lowest BCUT2D eigenvalue weighted by Gasteiger charge is -2.06. The van der Waals surface area contributed by atoms with Gasteiger partial charge in [0.05, 0.1) is 0 Å². The zero-order valence-corrected chi connectivity index (χ0v) is 10.5. The number of hydrogen-bond donors (Lipinski definition) is 0. The highest BCUT2D eigenvalue weighted by Gasteiger charge is 2.05. The molecule has 0 fully saturated rings. The van der Waals surface area contributed by atoms with E-state index in [-0.39, 0.29) is 0 Å². The van der Waals surface area contributed by atoms with Crippen molar-refractivity contribution in [3.63, 3.8) is 0 Å². The summed E-state index contributed by atoms with van der Waals surface area (Å²) in [7, 11) is 0. The van der Waals surface area contributed by atoms with Gasteiger partial charge in [-0.1, -0.05) is 56.1 Å². The van der Waals surface area contributed by atoms with E-state index in [4.69, 9.17) is 0 Å². The lowest BCUT2D eigenvalue weighted by Crippen LogP contribution is -1.80. The van der Waals surface area contributed by atoms with Crippen molar-refractivity contribution in [2.45, 2.75) is 0 Å². The van der Waals surface area contributed by atoms with Gasteiger partial charge in [-0.2, -0.15) is 0 Å². The van der Waals surface area contributed by atoms with E-state index in [9.17, 15) is 0 Å². The maximum absolute atomic E-state index is 3.54. The first-order valence-electron chi connectivity index (χ1n) is 4.19. The van der Waals surface area contributed by atoms with Crippen molar-refractivity contribution in [3.05, 3.63) is 57.5 Å². The van der Waals surface area contributed by atoms with Crippen LogP contribution in [0, 0.1) is 6.07 Å². The van der Waals surface area contributed by atoms with Gasteiger partial charge in [-0.05, 0) is 29.8 Å². The van der Waals surface area contributed by atoms with Gasteiger partial charge in [0.25, 0.3) is 0 Å². The highest BCUT2D eigenvalue weighted by Crippen LogP contribution is 2.34. The van der Waals surface area contributed by atoms with Crippen molar-refractivity contribution in [2.24, 2.45) is 0 Å². The molecule has 0 N–H and O–H groups in total. The summed E-state index contributed by atoms with van der Waals surface area (Å²) in [5.74, 6) is 0. The van der Waals surface area contributed by atoms with Gasteiger partial charge >= 0.3 is 0 Å². The minimum absolute atomic E-state index is 1.09. The summed E-state index contributed by atoms with van der Waals surface area (Å²) >= 11 is 7.08. The van der Waals surface area contributed by atoms with Crippen molar-refractivity contribution in [1.29, 1.82) is 0 Å². The van der Waals surface area contributed by atoms with Crippen LogP contribution in [-0.4, -0.2) is 0 Å². The fourth-order valence-corrected chi connectivity index (χ4v) is 2.78. The first-order chi connectivity index (χ1) is 6.79. The molecule has 0 spiro atoms. The van der Waals surface area contributed by atoms with E-state index in [1.165, 1.54) is 5.56 Å². The first kappa shape index (κ1) is 9.94. The van der Waals surface area contributed by atoms with Crippen LogP contribution in [-0.2, 0) is 0 Å². The van der Waals surface area contributed by atoms with Gasteiger partial charge in [0.2, 0.25) is 0 Å². The zero-order chi connectivity index (χ0) is 9.97. The molecule has 0 saturated carbocycles. The molecule has 2 aromatic rings. The van der Waals surface area contributed by atoms with Gasteiger partial charge in [-0.3, -0.25) is 0 Å². The molecular weight excluding hydrogens is 304 g/mol. The lowest BCUT2D eigenvalue weighted by atomic mass is 10.1. The van der Waals surface area contributed by atoms with Crippen LogP contribution in [0.4, 0.5) is 0 Å². The summed E-state index contributed by atoms with van der Waals surface area (Å²) < 4.78 is 2.18. The molecule has 69 valence electrons. The minimum Gasteiger partial charge on any atom is -0.0610 e. The van der Waals surface area contributed by atoms with E-state index in [1.807, 2.05) is 36.4 Å². The predicted molar refractivity (Wildman–Crippen MR) is 66.1 cm³/mol. The van der Waals surface area contributed by atoms with E-state index in [0.29, 0.717) is 0 Å². The van der Waals surface area contributed by atoms with Crippen LogP contribution < -0.4 is 0 Å². The summed E-state index contributed by atoms with van der Waals surface area (Å²) in [6.45, 7) is 0. The molecule has 0 aliphatic rings. The predicted octanol–water partition coefficient (Wildman–Crippen LogP) is 4.68. The SMILES string of the molecule is Brc1cccc(Br)c1-c1c[c]ccc1. The molecule has 1 radical (unpaired) electrons. The Morgan fingerprint density at radius 3 is 2.21 bits per heavy atom. The Hall–Kier alpha value is -0.600. The lowest BCUT2D eigenvalue weighted by molar-refractivity contribution is 1.55. The fourth-order valence-electron chi connectivity index (χ4n) is 1.32. The summed E-state index contributed by atoms with van der Waals surface area (Å²) in [6.07, 6.45) is 0. The number of halogens is 2. The van der Waals surface area contributed by atoms with Crippen LogP contribution in [0.1, 0.15) is 0 Å². The van der Waals surface area contributed by atoms with E-state index in [1.54, 1.807) is 0 Å². The third-order valence-electron chi connectivity index (χ3n) is 1.96. The Balaban J connectivity index is 2.63. The average Bonchev–Trinajstić information content (AvgIpc) is 2.19. The molecule has 0 nitrogen and oxygen atoms in total. The smallest absolute Gasteiger partial charge is 0.0265 e. The zero-order valence-electron chi connectivity index (χ0n) is 7.30. The molecule has 2 aromatic carbocycles. The van der Waals surface area contributed by atoms with Gasteiger partial charge in [-0.15, -0.1) is 0 Å². The van der Waals surface area contributed by atoms with Gasteiger partial charge < -0.3 is 0 Å². The largest absolute Gasteiger partial charge is 0.0610 e. The molecule has 0 amide bonds. The molecule has 0 unspecified atom stereocenters. The van der Waals surface area contributed by atoms with Crippen LogP contribution >= 0.6 is 31.9 Å². The van der Waals surface area contributed by atoms with E-state index < -0.39 is 0 Å². The van der Waals surface area contributed by atoms with Crippen molar-refractivity contribution in [2.75, 3.05) is 0 Å². The van der Waals surface area contributed by atoms with Crippen LogP contribution in [0.2, 0.25) is 0 Å². The molecule has 2 rings (SSSR count). The number of benzene rings is 2. The molecule has 0 aliphatic heterocycles. The quantitative estimate of drug-likeness (QED) is 0.717. The fraction of sp³-hybridized carbons (Fsp3) is 0. The van der Waals surface area contributed by atoms with Crippen molar-refractivity contribution in [1.82, 2.24) is 0 Å². The second-order valence-electron chi connectivity index (χ2n) is 2.89. The molecule has 0 aromatic heterocycles. The Kier molecular flexibility index (Phi) is 3.04. The highest BCUT2D eigenvalue weighted by molar-refractivity contribution is 9.11. The molecule has 14 heavy (non-hydrogen) atoms. The molecule has 2 heteroatoms. The Bertz CT molecular complexity index is 415. The highest BCUT2D eigenvalue weighted by atomic mass is 79.9. The molecule has 0 saturated heterocycles. The van der Waals surface area contributed by atoms with Crippen molar-refractivity contribution >= 4 is 31.9 Å². The van der Waals surface area contributed by atoms with E-state index in [0.717, 1.165) is 14.5 Å². The summed E-state index contributed by atoms with van der Waals surface area (Å²) in [6, 6.07) is 17.1. The maximum Gasteiger partial charge on any atom is 0.0265 e. The Morgan fingerprint density at radius 2 is 1.64 bits per heavy atom. The Labute approximate surface area is 100 Å². The summed E-state index contributed by atoms with van der Waals surface area (Å²) in [5, 5.41) is 0. The minimum atomic E-state index is 1.09. The van der Waals surface area contributed by atoms with Gasteiger partial charge in [0, 0.05) is 14.5 Å². The van der Waals surface area contributed by atoms with Crippen molar-refractivity contribution in [3.8, 4) is 11.1 Å². The van der Waals surface area contributed by atoms with Crippen molar-refractivity contribution < 1.29 is 0 Å². The summed E-state index contributed by atoms with van der Waals surface area (Å²) in [5.41, 5.74) is 2.33. The first-order valence-corrected chi connectivity index (χ1v) is 5.78. The summed E-state index contributed by atoms with van der Waals surface area (Å²) in [4.78, 5) is 0. The van der Waals surface area contributed by atoms with E-state index in [2.05, 4.69) is 44.0 Å². The van der Waals surface area contributed by atoms with Crippen LogP contribution in [0.3, 0.4) is 0 Å². The Morgan fingerprint density at radius 1 is 0.929 bits per heavy atom. The van der Waals surface area contributed by atoms with Crippen LogP contribution in [0.5, 0.6) is 0 Å². The monoisotopic (exact) mass is 309 g/mol. The average molecular weight is 311 g/mol. The third-order valence-corrected chi connectivity index (χ3v) is 3.28. The molecule has 0 heterocycles. The molecule has 0 aliphatic carbocycles. The maximum atomic E-state index is 3.54. The number of rotatable bonds is 1. The molecule has 0 atom stereocenters. The third kappa shape index (κ3) is 1.91. The van der Waals surface area contributed by atoms with Gasteiger partial charge in [-0.25, -0.2) is 0 Å². The van der Waals surface area contributed by atoms with Crippen LogP contribution in [0.15, 0.2) is 51.4 Å². The van der Waals surface area contributed by atoms with Crippen LogP contribution in [0.25, 0.3) is 11.1 Å². The molecule has 0 bridgehead atoms. The topological polar surface area (TPSA) is 0 Å². The standard InChI is InChI=1S/C12H7Br2/c13-10-7-4-8-11(14)12(10)9-5-2-1-3-6-9/h1-2,4-8H. The normalized spacial score (nSPS) is 10.1. The molecular formula is C12H7Br2. The second kappa shape index (κ2) is 4.28. The van der Waals surface area contributed by atoms with E-state index >= 15 is 0 Å². The van der Waals surface area contributed by atoms with Gasteiger partial charge in [0.1, 0.15) is 0 Å². The number of hydrogen-bond acceptors (Lipinski definition) is 0. The second-order valence-corrected chi connectivity index (χ2v) is 4.60.